The molecule has 0 fully saturated rings. The quantitative estimate of drug-likeness (QED) is 0.511. The van der Waals surface area contributed by atoms with Gasteiger partial charge in [0.1, 0.15) is 24.0 Å². The first kappa shape index (κ1) is 21.9. The second kappa shape index (κ2) is 9.78. The van der Waals surface area contributed by atoms with E-state index >= 15 is 0 Å². The molecule has 0 aliphatic rings. The molecule has 1 aromatic heterocycles. The minimum Gasteiger partial charge on any atom is -0.490 e. The van der Waals surface area contributed by atoms with Crippen molar-refractivity contribution >= 4 is 16.9 Å². The minimum atomic E-state index is -0.667. The van der Waals surface area contributed by atoms with Gasteiger partial charge in [-0.3, -0.25) is 0 Å². The number of hydrogen-bond donors (Lipinski definition) is 2. The van der Waals surface area contributed by atoms with E-state index in [-0.39, 0.29) is 25.0 Å². The van der Waals surface area contributed by atoms with Crippen LogP contribution in [0.3, 0.4) is 0 Å². The highest BCUT2D eigenvalue weighted by Crippen LogP contribution is 2.38. The molecule has 160 valence electrons. The van der Waals surface area contributed by atoms with Gasteiger partial charge in [-0.15, -0.1) is 0 Å². The van der Waals surface area contributed by atoms with E-state index in [1.54, 1.807) is 6.92 Å². The molecule has 1 heterocycles. The lowest BCUT2D eigenvalue weighted by atomic mass is 10.0. The van der Waals surface area contributed by atoms with Crippen molar-refractivity contribution in [3.8, 4) is 16.9 Å². The molecule has 0 unspecified atom stereocenters. The number of hydrogen-bond acceptors (Lipinski definition) is 6. The Morgan fingerprint density at radius 3 is 2.57 bits per heavy atom. The lowest BCUT2D eigenvalue weighted by molar-refractivity contribution is 0.0491. The Kier molecular flexibility index (Phi) is 7.13. The van der Waals surface area contributed by atoms with E-state index in [1.165, 1.54) is 0 Å². The van der Waals surface area contributed by atoms with Gasteiger partial charge in [0.05, 0.1) is 12.0 Å². The number of fused-ring (bicyclic) bond motifs is 1. The van der Waals surface area contributed by atoms with E-state index in [4.69, 9.17) is 13.9 Å². The van der Waals surface area contributed by atoms with Gasteiger partial charge in [-0.05, 0) is 37.1 Å². The summed E-state index contributed by atoms with van der Waals surface area (Å²) in [6.07, 6.45) is -0.667. The standard InChI is InChI=1S/C24H29NO5/c1-5-28-24(27)23-16(4)22-20(29-14-19(26)13-25-15(2)3)11-18(12-21(22)30-23)17-9-7-6-8-10-17/h6-12,15,19,25-26H,5,13-14H2,1-4H3/t19-/m1/s1. The normalized spacial score (nSPS) is 12.3. The Bertz CT molecular complexity index is 994. The van der Waals surface area contributed by atoms with E-state index in [0.29, 0.717) is 28.8 Å². The fourth-order valence-electron chi connectivity index (χ4n) is 3.26. The maximum absolute atomic E-state index is 12.3. The van der Waals surface area contributed by atoms with E-state index in [1.807, 2.05) is 63.2 Å². The van der Waals surface area contributed by atoms with Crippen LogP contribution in [-0.4, -0.2) is 43.0 Å². The maximum Gasteiger partial charge on any atom is 0.374 e. The lowest BCUT2D eigenvalue weighted by Crippen LogP contribution is -2.35. The molecule has 3 rings (SSSR count). The Morgan fingerprint density at radius 2 is 1.90 bits per heavy atom. The monoisotopic (exact) mass is 411 g/mol. The third-order valence-corrected chi connectivity index (χ3v) is 4.75. The third-order valence-electron chi connectivity index (χ3n) is 4.75. The number of aliphatic hydroxyl groups excluding tert-OH is 1. The number of carbonyl (C=O) groups is 1. The molecule has 0 saturated heterocycles. The molecule has 6 nitrogen and oxygen atoms in total. The summed E-state index contributed by atoms with van der Waals surface area (Å²) in [5, 5.41) is 14.2. The number of furan rings is 1. The van der Waals surface area contributed by atoms with Gasteiger partial charge in [-0.2, -0.15) is 0 Å². The Morgan fingerprint density at radius 1 is 1.17 bits per heavy atom. The molecule has 2 aromatic carbocycles. The number of benzene rings is 2. The first-order valence-electron chi connectivity index (χ1n) is 10.2. The summed E-state index contributed by atoms with van der Waals surface area (Å²) in [6.45, 7) is 8.42. The predicted molar refractivity (Wildman–Crippen MR) is 117 cm³/mol. The summed E-state index contributed by atoms with van der Waals surface area (Å²) in [7, 11) is 0. The van der Waals surface area contributed by atoms with Crippen molar-refractivity contribution in [3.63, 3.8) is 0 Å². The second-order valence-corrected chi connectivity index (χ2v) is 7.52. The van der Waals surface area contributed by atoms with E-state index in [9.17, 15) is 9.90 Å². The summed E-state index contributed by atoms with van der Waals surface area (Å²) in [6, 6.07) is 13.9. The van der Waals surface area contributed by atoms with Gasteiger partial charge in [0.25, 0.3) is 0 Å². The van der Waals surface area contributed by atoms with Gasteiger partial charge in [0.15, 0.2) is 0 Å². The van der Waals surface area contributed by atoms with E-state index in [2.05, 4.69) is 5.32 Å². The largest absolute Gasteiger partial charge is 0.490 e. The summed E-state index contributed by atoms with van der Waals surface area (Å²) >= 11 is 0. The van der Waals surface area contributed by atoms with Crippen molar-refractivity contribution in [2.75, 3.05) is 19.8 Å². The van der Waals surface area contributed by atoms with Crippen molar-refractivity contribution in [1.29, 1.82) is 0 Å². The fraction of sp³-hybridized carbons (Fsp3) is 0.375. The topological polar surface area (TPSA) is 80.9 Å². The molecule has 2 N–H and O–H groups in total. The molecule has 1 atom stereocenters. The highest BCUT2D eigenvalue weighted by atomic mass is 16.5. The number of aryl methyl sites for hydroxylation is 1. The molecular weight excluding hydrogens is 382 g/mol. The van der Waals surface area contributed by atoms with Crippen molar-refractivity contribution in [2.45, 2.75) is 39.8 Å². The van der Waals surface area contributed by atoms with Gasteiger partial charge < -0.3 is 24.3 Å². The van der Waals surface area contributed by atoms with Crippen LogP contribution in [-0.2, 0) is 4.74 Å². The smallest absolute Gasteiger partial charge is 0.374 e. The summed E-state index contributed by atoms with van der Waals surface area (Å²) in [4.78, 5) is 12.3. The zero-order valence-electron chi connectivity index (χ0n) is 17.9. The SMILES string of the molecule is CCOC(=O)c1oc2cc(-c3ccccc3)cc(OC[C@H](O)CNC(C)C)c2c1C. The van der Waals surface area contributed by atoms with Gasteiger partial charge in [-0.25, -0.2) is 4.79 Å². The molecule has 6 heteroatoms. The van der Waals surface area contributed by atoms with Gasteiger partial charge in [-0.1, -0.05) is 44.2 Å². The fourth-order valence-corrected chi connectivity index (χ4v) is 3.26. The van der Waals surface area contributed by atoms with Gasteiger partial charge in [0, 0.05) is 18.2 Å². The third kappa shape index (κ3) is 5.01. The van der Waals surface area contributed by atoms with Crippen LogP contribution in [0.5, 0.6) is 5.75 Å². The van der Waals surface area contributed by atoms with Crippen LogP contribution in [0.15, 0.2) is 46.9 Å². The molecular formula is C24H29NO5. The predicted octanol–water partition coefficient (Wildman–Crippen LogP) is 4.32. The van der Waals surface area contributed by atoms with Gasteiger partial charge >= 0.3 is 5.97 Å². The Hall–Kier alpha value is -2.83. The molecule has 0 saturated carbocycles. The molecule has 0 spiro atoms. The summed E-state index contributed by atoms with van der Waals surface area (Å²) in [5.74, 6) is 0.232. The Labute approximate surface area is 176 Å². The Balaban J connectivity index is 1.99. The molecule has 0 radical (unpaired) electrons. The highest BCUT2D eigenvalue weighted by Gasteiger charge is 2.23. The minimum absolute atomic E-state index is 0.117. The number of nitrogens with one attached hydrogen (secondary N) is 1. The summed E-state index contributed by atoms with van der Waals surface area (Å²) < 4.78 is 17.0. The summed E-state index contributed by atoms with van der Waals surface area (Å²) in [5.41, 5.74) is 3.10. The number of rotatable bonds is 9. The van der Waals surface area contributed by atoms with Gasteiger partial charge in [0.2, 0.25) is 5.76 Å². The van der Waals surface area contributed by atoms with Crippen LogP contribution in [0, 0.1) is 6.92 Å². The van der Waals surface area contributed by atoms with E-state index in [0.717, 1.165) is 11.1 Å². The maximum atomic E-state index is 12.3. The van der Waals surface area contributed by atoms with Crippen LogP contribution in [0.2, 0.25) is 0 Å². The molecule has 0 bridgehead atoms. The first-order valence-corrected chi connectivity index (χ1v) is 10.2. The number of esters is 1. The zero-order valence-corrected chi connectivity index (χ0v) is 17.9. The molecule has 0 aliphatic carbocycles. The van der Waals surface area contributed by atoms with Crippen LogP contribution in [0.25, 0.3) is 22.1 Å². The van der Waals surface area contributed by atoms with Crippen molar-refractivity contribution < 1.29 is 23.8 Å². The second-order valence-electron chi connectivity index (χ2n) is 7.52. The molecule has 0 aliphatic heterocycles. The highest BCUT2D eigenvalue weighted by molar-refractivity contribution is 6.00. The van der Waals surface area contributed by atoms with Crippen LogP contribution in [0.1, 0.15) is 36.9 Å². The first-order chi connectivity index (χ1) is 14.4. The average Bonchev–Trinajstić information content (AvgIpc) is 3.08. The number of carbonyl (C=O) groups excluding carboxylic acids is 1. The van der Waals surface area contributed by atoms with Crippen LogP contribution in [0.4, 0.5) is 0 Å². The molecule has 30 heavy (non-hydrogen) atoms. The number of ether oxygens (including phenoxy) is 2. The van der Waals surface area contributed by atoms with Crippen molar-refractivity contribution in [1.82, 2.24) is 5.32 Å². The van der Waals surface area contributed by atoms with E-state index < -0.39 is 12.1 Å². The molecule has 3 aromatic rings. The van der Waals surface area contributed by atoms with Crippen molar-refractivity contribution in [3.05, 3.63) is 53.8 Å². The number of aliphatic hydroxyl groups is 1. The lowest BCUT2D eigenvalue weighted by Gasteiger charge is -2.16. The average molecular weight is 411 g/mol. The molecule has 0 amide bonds. The van der Waals surface area contributed by atoms with Crippen LogP contribution >= 0.6 is 0 Å². The van der Waals surface area contributed by atoms with Crippen LogP contribution < -0.4 is 10.1 Å². The van der Waals surface area contributed by atoms with Crippen molar-refractivity contribution in [2.24, 2.45) is 0 Å². The zero-order chi connectivity index (χ0) is 21.7.